The third kappa shape index (κ3) is 2.97. The smallest absolute Gasteiger partial charge is 0.273 e. The molecule has 0 spiro atoms. The summed E-state index contributed by atoms with van der Waals surface area (Å²) < 4.78 is 7.29. The molecule has 0 aliphatic carbocycles. The molecule has 0 saturated heterocycles. The number of imidazole rings is 1. The lowest BCUT2D eigenvalue weighted by Crippen LogP contribution is -2.25. The Morgan fingerprint density at radius 2 is 2.17 bits per heavy atom. The molecule has 2 aromatic heterocycles. The Morgan fingerprint density at radius 1 is 1.38 bits per heavy atom. The molecular formula is C21H23N5O3. The van der Waals surface area contributed by atoms with E-state index in [1.165, 1.54) is 0 Å². The molecule has 1 aromatic carbocycles. The van der Waals surface area contributed by atoms with Gasteiger partial charge in [0.1, 0.15) is 17.2 Å². The van der Waals surface area contributed by atoms with Crippen LogP contribution in [0.4, 0.5) is 11.5 Å². The van der Waals surface area contributed by atoms with Crippen molar-refractivity contribution in [1.29, 1.82) is 0 Å². The quantitative estimate of drug-likeness (QED) is 0.617. The van der Waals surface area contributed by atoms with Crippen molar-refractivity contribution in [2.45, 2.75) is 26.2 Å². The molecule has 1 atom stereocenters. The lowest BCUT2D eigenvalue weighted by molar-refractivity contribution is -0.116. The number of carbonyl (C=O) groups excluding carboxylic acids is 2. The van der Waals surface area contributed by atoms with E-state index in [1.807, 2.05) is 38.1 Å². The van der Waals surface area contributed by atoms with E-state index in [9.17, 15) is 9.59 Å². The number of benzene rings is 1. The Kier molecular flexibility index (Phi) is 4.62. The first-order valence-corrected chi connectivity index (χ1v) is 9.54. The van der Waals surface area contributed by atoms with Crippen LogP contribution in [0, 0.1) is 0 Å². The summed E-state index contributed by atoms with van der Waals surface area (Å²) in [7, 11) is 1.59. The molecule has 8 nitrogen and oxygen atoms in total. The molecule has 0 radical (unpaired) electrons. The number of aromatic nitrogens is 2. The highest BCUT2D eigenvalue weighted by atomic mass is 16.5. The monoisotopic (exact) mass is 393 g/mol. The van der Waals surface area contributed by atoms with Crippen LogP contribution in [0.2, 0.25) is 0 Å². The van der Waals surface area contributed by atoms with Crippen molar-refractivity contribution >= 4 is 29.0 Å². The number of pyridine rings is 1. The first-order chi connectivity index (χ1) is 14.0. The topological polar surface area (TPSA) is 111 Å². The fourth-order valence-corrected chi connectivity index (χ4v) is 3.61. The molecule has 3 heterocycles. The molecule has 0 bridgehead atoms. The molecule has 1 unspecified atom stereocenters. The van der Waals surface area contributed by atoms with Gasteiger partial charge in [-0.3, -0.25) is 14.0 Å². The molecule has 3 aromatic rings. The number of nitrogens with zero attached hydrogens (tertiary/aromatic N) is 2. The van der Waals surface area contributed by atoms with Crippen molar-refractivity contribution < 1.29 is 14.3 Å². The van der Waals surface area contributed by atoms with E-state index in [-0.39, 0.29) is 29.2 Å². The van der Waals surface area contributed by atoms with Gasteiger partial charge in [-0.15, -0.1) is 0 Å². The van der Waals surface area contributed by atoms with Crippen molar-refractivity contribution in [3.05, 3.63) is 41.7 Å². The van der Waals surface area contributed by atoms with Crippen molar-refractivity contribution in [2.24, 2.45) is 0 Å². The molecule has 150 valence electrons. The van der Waals surface area contributed by atoms with Gasteiger partial charge in [-0.25, -0.2) is 4.98 Å². The average molecular weight is 393 g/mol. The van der Waals surface area contributed by atoms with E-state index in [0.29, 0.717) is 17.9 Å². The lowest BCUT2D eigenvalue weighted by atomic mass is 9.97. The van der Waals surface area contributed by atoms with Gasteiger partial charge < -0.3 is 21.1 Å². The second-order valence-corrected chi connectivity index (χ2v) is 7.07. The van der Waals surface area contributed by atoms with Gasteiger partial charge in [0, 0.05) is 29.6 Å². The summed E-state index contributed by atoms with van der Waals surface area (Å²) in [5.74, 6) is 0.314. The van der Waals surface area contributed by atoms with Crippen LogP contribution in [0.15, 0.2) is 30.5 Å². The minimum absolute atomic E-state index is 0.0441. The van der Waals surface area contributed by atoms with Gasteiger partial charge in [0.15, 0.2) is 5.69 Å². The van der Waals surface area contributed by atoms with Gasteiger partial charge in [0.05, 0.1) is 13.0 Å². The number of methoxy groups -OCH3 is 1. The Labute approximate surface area is 168 Å². The van der Waals surface area contributed by atoms with Crippen molar-refractivity contribution in [3.8, 4) is 16.9 Å². The fourth-order valence-electron chi connectivity index (χ4n) is 3.61. The van der Waals surface area contributed by atoms with E-state index < -0.39 is 0 Å². The molecule has 1 aliphatic rings. The van der Waals surface area contributed by atoms with E-state index in [0.717, 1.165) is 28.8 Å². The van der Waals surface area contributed by atoms with Crippen LogP contribution in [0.25, 0.3) is 16.8 Å². The number of hydrogen-bond donors (Lipinski definition) is 3. The van der Waals surface area contributed by atoms with Crippen molar-refractivity contribution in [2.75, 3.05) is 24.7 Å². The first-order valence-electron chi connectivity index (χ1n) is 9.54. The highest BCUT2D eigenvalue weighted by molar-refractivity contribution is 6.04. The Hall–Kier alpha value is -3.55. The van der Waals surface area contributed by atoms with Gasteiger partial charge in [0.2, 0.25) is 5.91 Å². The third-order valence-corrected chi connectivity index (χ3v) is 5.22. The Balaban J connectivity index is 1.88. The van der Waals surface area contributed by atoms with Crippen LogP contribution in [-0.2, 0) is 4.79 Å². The summed E-state index contributed by atoms with van der Waals surface area (Å²) >= 11 is 0. The number of nitrogens with two attached hydrogens (primary N) is 1. The molecule has 4 N–H and O–H groups in total. The predicted molar refractivity (Wildman–Crippen MR) is 111 cm³/mol. The van der Waals surface area contributed by atoms with Crippen LogP contribution in [0.5, 0.6) is 5.75 Å². The zero-order chi connectivity index (χ0) is 20.7. The molecule has 0 fully saturated rings. The second kappa shape index (κ2) is 7.12. The number of anilines is 2. The number of fused-ring (bicyclic) bond motifs is 2. The van der Waals surface area contributed by atoms with E-state index in [4.69, 9.17) is 10.5 Å². The largest absolute Gasteiger partial charge is 0.496 e. The van der Waals surface area contributed by atoms with Crippen LogP contribution in [0.1, 0.15) is 42.2 Å². The average Bonchev–Trinajstić information content (AvgIpc) is 3.21. The SMILES string of the molecule is CCCNC(=O)c1nc2c(-c3cc4c(cc3OC)C(C)C(=O)N4)cccn2c1N. The highest BCUT2D eigenvalue weighted by Gasteiger charge is 2.29. The number of amides is 2. The molecule has 8 heteroatoms. The molecule has 1 aliphatic heterocycles. The van der Waals surface area contributed by atoms with Crippen LogP contribution >= 0.6 is 0 Å². The van der Waals surface area contributed by atoms with Gasteiger partial charge in [-0.2, -0.15) is 0 Å². The number of hydrogen-bond acceptors (Lipinski definition) is 5. The number of rotatable bonds is 5. The number of nitrogen functional groups attached to an aromatic ring is 1. The highest BCUT2D eigenvalue weighted by Crippen LogP contribution is 2.42. The normalized spacial score (nSPS) is 15.3. The number of ether oxygens (including phenoxy) is 1. The maximum Gasteiger partial charge on any atom is 0.273 e. The lowest BCUT2D eigenvalue weighted by Gasteiger charge is -2.13. The summed E-state index contributed by atoms with van der Waals surface area (Å²) in [4.78, 5) is 29.0. The summed E-state index contributed by atoms with van der Waals surface area (Å²) in [6.45, 7) is 4.39. The molecule has 0 saturated carbocycles. The minimum atomic E-state index is -0.305. The minimum Gasteiger partial charge on any atom is -0.496 e. The van der Waals surface area contributed by atoms with Gasteiger partial charge in [0.25, 0.3) is 5.91 Å². The standard InChI is InChI=1S/C21H23N5O3/c1-4-7-23-21(28)17-18(22)26-8-5-6-12(19(26)25-17)14-9-15-13(10-16(14)29-3)11(2)20(27)24-15/h5-6,8-11H,4,7,22H2,1-3H3,(H,23,28)(H,24,27). The van der Waals surface area contributed by atoms with E-state index in [2.05, 4.69) is 15.6 Å². The molecule has 2 amide bonds. The summed E-state index contributed by atoms with van der Waals surface area (Å²) in [5, 5.41) is 5.71. The Morgan fingerprint density at radius 3 is 2.90 bits per heavy atom. The summed E-state index contributed by atoms with van der Waals surface area (Å²) in [6.07, 6.45) is 2.59. The summed E-state index contributed by atoms with van der Waals surface area (Å²) in [6, 6.07) is 7.48. The van der Waals surface area contributed by atoms with Crippen LogP contribution in [-0.4, -0.2) is 34.9 Å². The maximum atomic E-state index is 12.5. The van der Waals surface area contributed by atoms with Crippen molar-refractivity contribution in [3.63, 3.8) is 0 Å². The van der Waals surface area contributed by atoms with Crippen LogP contribution < -0.4 is 21.1 Å². The molecule has 4 rings (SSSR count). The zero-order valence-corrected chi connectivity index (χ0v) is 16.6. The van der Waals surface area contributed by atoms with Crippen LogP contribution in [0.3, 0.4) is 0 Å². The van der Waals surface area contributed by atoms with Gasteiger partial charge in [-0.1, -0.05) is 6.92 Å². The number of nitrogens with one attached hydrogen (secondary N) is 2. The summed E-state index contributed by atoms with van der Waals surface area (Å²) in [5.41, 5.74) is 10.1. The Bertz CT molecular complexity index is 1140. The van der Waals surface area contributed by atoms with Gasteiger partial charge in [-0.05, 0) is 43.2 Å². The fraction of sp³-hybridized carbons (Fsp3) is 0.286. The van der Waals surface area contributed by atoms with E-state index >= 15 is 0 Å². The predicted octanol–water partition coefficient (Wildman–Crippen LogP) is 2.79. The molecular weight excluding hydrogens is 370 g/mol. The second-order valence-electron chi connectivity index (χ2n) is 7.07. The molecule has 29 heavy (non-hydrogen) atoms. The maximum absolute atomic E-state index is 12.5. The first kappa shape index (κ1) is 18.8. The van der Waals surface area contributed by atoms with Gasteiger partial charge >= 0.3 is 0 Å². The third-order valence-electron chi connectivity index (χ3n) is 5.22. The van der Waals surface area contributed by atoms with Crippen molar-refractivity contribution in [1.82, 2.24) is 14.7 Å². The zero-order valence-electron chi connectivity index (χ0n) is 16.6. The number of carbonyl (C=O) groups is 2. The van der Waals surface area contributed by atoms with E-state index in [1.54, 1.807) is 17.7 Å².